The number of amides is 4. The van der Waals surface area contributed by atoms with Gasteiger partial charge in [-0.1, -0.05) is 75.3 Å². The third-order valence-corrected chi connectivity index (χ3v) is 11.0. The average molecular weight is 742 g/mol. The van der Waals surface area contributed by atoms with Gasteiger partial charge >= 0.3 is 6.03 Å². The van der Waals surface area contributed by atoms with Crippen LogP contribution in [0.25, 0.3) is 0 Å². The molecule has 0 saturated carbocycles. The predicted molar refractivity (Wildman–Crippen MR) is 195 cm³/mol. The molecule has 2 heterocycles. The number of aliphatic hydroxyl groups is 1. The molecule has 1 aromatic heterocycles. The van der Waals surface area contributed by atoms with Crippen LogP contribution >= 0.6 is 11.3 Å². The first kappa shape index (κ1) is 39.4. The Balaban J connectivity index is 1.55. The molecule has 0 bridgehead atoms. The molecular formula is C35H47N7O7S2. The van der Waals surface area contributed by atoms with Gasteiger partial charge in [0.1, 0.15) is 6.04 Å². The van der Waals surface area contributed by atoms with Crippen LogP contribution < -0.4 is 10.6 Å². The minimum atomic E-state index is -4.07. The Bertz CT molecular complexity index is 1770. The lowest BCUT2D eigenvalue weighted by atomic mass is 9.97. The number of anilines is 1. The fraction of sp³-hybridized carbons (Fsp3) is 0.457. The van der Waals surface area contributed by atoms with E-state index in [0.29, 0.717) is 29.5 Å². The summed E-state index contributed by atoms with van der Waals surface area (Å²) in [5.74, 6) is -1.06. The number of carbonyl (C=O) groups is 3. The van der Waals surface area contributed by atoms with Crippen molar-refractivity contribution >= 4 is 50.6 Å². The molecule has 3 atom stereocenters. The van der Waals surface area contributed by atoms with Gasteiger partial charge in [-0.3, -0.25) is 9.59 Å². The van der Waals surface area contributed by atoms with E-state index in [0.717, 1.165) is 5.56 Å². The van der Waals surface area contributed by atoms with E-state index in [1.807, 2.05) is 58.0 Å². The van der Waals surface area contributed by atoms with Gasteiger partial charge in [0.05, 0.1) is 35.5 Å². The number of thiazole rings is 1. The van der Waals surface area contributed by atoms with Gasteiger partial charge in [0, 0.05) is 38.5 Å². The first-order valence-corrected chi connectivity index (χ1v) is 19.1. The number of nitrogens with zero attached hydrogens (tertiary/aromatic N) is 5. The molecule has 0 unspecified atom stereocenters. The molecule has 4 rings (SSSR count). The van der Waals surface area contributed by atoms with Crippen LogP contribution in [0, 0.1) is 11.8 Å². The molecule has 1 saturated heterocycles. The second kappa shape index (κ2) is 17.7. The van der Waals surface area contributed by atoms with E-state index in [-0.39, 0.29) is 54.7 Å². The number of benzene rings is 2. The van der Waals surface area contributed by atoms with Gasteiger partial charge in [-0.2, -0.15) is 4.31 Å². The zero-order valence-electron chi connectivity index (χ0n) is 29.5. The van der Waals surface area contributed by atoms with Gasteiger partial charge in [0.25, 0.3) is 0 Å². The number of oxime groups is 1. The monoisotopic (exact) mass is 741 g/mol. The molecular weight excluding hydrogens is 695 g/mol. The van der Waals surface area contributed by atoms with E-state index in [4.69, 9.17) is 5.21 Å². The molecule has 276 valence electrons. The van der Waals surface area contributed by atoms with Gasteiger partial charge in [-0.25, -0.2) is 18.2 Å². The molecule has 1 aliphatic heterocycles. The number of aromatic nitrogens is 1. The highest BCUT2D eigenvalue weighted by molar-refractivity contribution is 7.89. The fourth-order valence-electron chi connectivity index (χ4n) is 5.97. The maximum Gasteiger partial charge on any atom is 0.321 e. The summed E-state index contributed by atoms with van der Waals surface area (Å²) < 4.78 is 29.0. The Morgan fingerprint density at radius 2 is 1.75 bits per heavy atom. The first-order chi connectivity index (χ1) is 24.2. The molecule has 0 aliphatic carbocycles. The summed E-state index contributed by atoms with van der Waals surface area (Å²) >= 11 is 1.26. The first-order valence-electron chi connectivity index (χ1n) is 16.8. The summed E-state index contributed by atoms with van der Waals surface area (Å²) in [6, 6.07) is 13.0. The van der Waals surface area contributed by atoms with Gasteiger partial charge in [0.2, 0.25) is 21.8 Å². The topological polar surface area (TPSA) is 185 Å². The molecule has 1 aliphatic rings. The second-order valence-corrected chi connectivity index (χ2v) is 16.1. The minimum Gasteiger partial charge on any atom is -0.411 e. The fourth-order valence-corrected chi connectivity index (χ4v) is 8.34. The molecule has 1 fully saturated rings. The van der Waals surface area contributed by atoms with E-state index < -0.39 is 34.1 Å². The third kappa shape index (κ3) is 10.6. The zero-order valence-corrected chi connectivity index (χ0v) is 31.1. The van der Waals surface area contributed by atoms with Crippen LogP contribution in [0.4, 0.5) is 9.93 Å². The van der Waals surface area contributed by atoms with Crippen molar-refractivity contribution < 1.29 is 33.1 Å². The molecule has 4 N–H and O–H groups in total. The Morgan fingerprint density at radius 3 is 2.35 bits per heavy atom. The smallest absolute Gasteiger partial charge is 0.321 e. The summed E-state index contributed by atoms with van der Waals surface area (Å²) in [4.78, 5) is 46.7. The Morgan fingerprint density at radius 1 is 1.06 bits per heavy atom. The number of hydrogen-bond acceptors (Lipinski definition) is 10. The van der Waals surface area contributed by atoms with Crippen LogP contribution in [0.1, 0.15) is 51.4 Å². The molecule has 0 spiro atoms. The van der Waals surface area contributed by atoms with Crippen LogP contribution in [0.5, 0.6) is 0 Å². The highest BCUT2D eigenvalue weighted by Gasteiger charge is 2.40. The van der Waals surface area contributed by atoms with Crippen LogP contribution in [-0.4, -0.2) is 106 Å². The average Bonchev–Trinajstić information content (AvgIpc) is 3.66. The largest absolute Gasteiger partial charge is 0.411 e. The molecule has 51 heavy (non-hydrogen) atoms. The van der Waals surface area contributed by atoms with Crippen molar-refractivity contribution in [3.8, 4) is 0 Å². The highest BCUT2D eigenvalue weighted by Crippen LogP contribution is 2.24. The third-order valence-electron chi connectivity index (χ3n) is 8.33. The number of urea groups is 1. The van der Waals surface area contributed by atoms with E-state index in [2.05, 4.69) is 20.8 Å². The highest BCUT2D eigenvalue weighted by atomic mass is 32.2. The Hall–Kier alpha value is -4.38. The van der Waals surface area contributed by atoms with Gasteiger partial charge in [-0.15, -0.1) is 11.3 Å². The van der Waals surface area contributed by atoms with Gasteiger partial charge in [-0.05, 0) is 41.5 Å². The zero-order chi connectivity index (χ0) is 37.3. The molecule has 4 amide bonds. The molecule has 2 aromatic carbocycles. The summed E-state index contributed by atoms with van der Waals surface area (Å²) in [6.07, 6.45) is 0.0838. The lowest BCUT2D eigenvalue weighted by molar-refractivity contribution is -0.128. The van der Waals surface area contributed by atoms with E-state index >= 15 is 0 Å². The van der Waals surface area contributed by atoms with Crippen molar-refractivity contribution in [2.45, 2.75) is 70.7 Å². The number of sulfonamides is 1. The quantitative estimate of drug-likeness (QED) is 0.0919. The SMILES string of the molecule is CC(=O)Nc1nc(CN2CCN([C@H](C(=O)N[C@@H](Cc3ccccc3)[C@H](O)CN(CC(C)C)S(=O)(=O)c3ccc(C=NO)cc3)C(C)C)C2=O)cs1. The summed E-state index contributed by atoms with van der Waals surface area (Å²) in [5.41, 5.74) is 1.95. The minimum absolute atomic E-state index is 0.00930. The van der Waals surface area contributed by atoms with Crippen LogP contribution in [0.3, 0.4) is 0 Å². The summed E-state index contributed by atoms with van der Waals surface area (Å²) in [7, 11) is -4.07. The number of aliphatic hydroxyl groups excluding tert-OH is 1. The van der Waals surface area contributed by atoms with Gasteiger partial charge < -0.3 is 30.7 Å². The van der Waals surface area contributed by atoms with Crippen LogP contribution in [0.2, 0.25) is 0 Å². The maximum atomic E-state index is 14.1. The number of rotatable bonds is 17. The van der Waals surface area contributed by atoms with Crippen molar-refractivity contribution in [2.75, 3.05) is 31.5 Å². The standard InChI is InChI=1S/C35H47N7O7S2/c1-23(2)19-41(51(48,49)29-13-11-27(12-14-29)18-36-47)21-31(44)30(17-26-9-7-6-8-10-26)39-33(45)32(24(3)4)42-16-15-40(35(42)46)20-28-22-50-34(38-28)37-25(5)43/h6-14,18,22-24,30-32,44,47H,15-17,19-21H2,1-5H3,(H,39,45)(H,37,38,43)/t30-,31+,32-/m0/s1. The van der Waals surface area contributed by atoms with E-state index in [1.54, 1.807) is 10.3 Å². The van der Waals surface area contributed by atoms with E-state index in [9.17, 15) is 27.9 Å². The van der Waals surface area contributed by atoms with Crippen molar-refractivity contribution in [2.24, 2.45) is 17.0 Å². The van der Waals surface area contributed by atoms with Crippen LogP contribution in [0.15, 0.2) is 70.0 Å². The lowest BCUT2D eigenvalue weighted by Crippen LogP contribution is -2.57. The van der Waals surface area contributed by atoms with Crippen molar-refractivity contribution in [1.82, 2.24) is 24.4 Å². The second-order valence-electron chi connectivity index (χ2n) is 13.3. The van der Waals surface area contributed by atoms with Crippen LogP contribution in [-0.2, 0) is 32.6 Å². The van der Waals surface area contributed by atoms with Crippen molar-refractivity contribution in [3.63, 3.8) is 0 Å². The number of carbonyl (C=O) groups excluding carboxylic acids is 3. The number of nitrogens with one attached hydrogen (secondary N) is 2. The predicted octanol–water partition coefficient (Wildman–Crippen LogP) is 3.61. The Labute approximate surface area is 303 Å². The van der Waals surface area contributed by atoms with E-state index in [1.165, 1.54) is 57.9 Å². The molecule has 0 radical (unpaired) electrons. The summed E-state index contributed by atoms with van der Waals surface area (Å²) in [6.45, 7) is 9.53. The van der Waals surface area contributed by atoms with Crippen molar-refractivity contribution in [1.29, 1.82) is 0 Å². The molecule has 3 aromatic rings. The normalized spacial score (nSPS) is 15.6. The number of hydrogen-bond donors (Lipinski definition) is 4. The van der Waals surface area contributed by atoms with Gasteiger partial charge in [0.15, 0.2) is 5.13 Å². The Kier molecular flexibility index (Phi) is 13.7. The molecule has 16 heteroatoms. The lowest BCUT2D eigenvalue weighted by Gasteiger charge is -2.34. The molecule has 14 nitrogen and oxygen atoms in total. The van der Waals surface area contributed by atoms with Crippen molar-refractivity contribution in [3.05, 3.63) is 76.8 Å². The maximum absolute atomic E-state index is 14.1. The summed E-state index contributed by atoms with van der Waals surface area (Å²) in [5, 5.41) is 31.4.